The van der Waals surface area contributed by atoms with Crippen LogP contribution in [0.1, 0.15) is 41.6 Å². The topological polar surface area (TPSA) is 99.1 Å². The molecule has 0 unspecified atom stereocenters. The Kier molecular flexibility index (Phi) is 7.89. The third-order valence-corrected chi connectivity index (χ3v) is 6.30. The molecule has 0 bridgehead atoms. The van der Waals surface area contributed by atoms with Crippen LogP contribution in [0.3, 0.4) is 0 Å². The van der Waals surface area contributed by atoms with Gasteiger partial charge in [-0.15, -0.1) is 23.4 Å². The van der Waals surface area contributed by atoms with Crippen LogP contribution in [0, 0.1) is 5.82 Å². The Morgan fingerprint density at radius 2 is 2.08 bits per heavy atom. The van der Waals surface area contributed by atoms with Gasteiger partial charge in [0.1, 0.15) is 22.7 Å². The summed E-state index contributed by atoms with van der Waals surface area (Å²) in [5.41, 5.74) is 1.62. The zero-order valence-corrected chi connectivity index (χ0v) is 19.8. The van der Waals surface area contributed by atoms with Gasteiger partial charge in [0.25, 0.3) is 0 Å². The number of nitrogens with one attached hydrogen (secondary N) is 1. The van der Waals surface area contributed by atoms with Crippen LogP contribution in [-0.4, -0.2) is 45.7 Å². The maximum atomic E-state index is 14.3. The molecule has 0 fully saturated rings. The molecule has 0 spiro atoms. The van der Waals surface area contributed by atoms with Crippen LogP contribution in [0.25, 0.3) is 5.57 Å². The first-order valence-corrected chi connectivity index (χ1v) is 11.7. The zero-order valence-electron chi connectivity index (χ0n) is 19.0. The molecule has 4 rings (SSSR count). The molecule has 0 radical (unpaired) electrons. The van der Waals surface area contributed by atoms with Gasteiger partial charge in [0.2, 0.25) is 5.13 Å². The van der Waals surface area contributed by atoms with Crippen LogP contribution >= 0.6 is 11.3 Å². The Bertz CT molecular complexity index is 1240. The average Bonchev–Trinajstić information content (AvgIpc) is 3.28. The molecule has 0 aliphatic heterocycles. The average molecular weight is 524 g/mol. The van der Waals surface area contributed by atoms with E-state index in [9.17, 15) is 22.4 Å². The number of benzene rings is 1. The maximum absolute atomic E-state index is 14.3. The monoisotopic (exact) mass is 523 g/mol. The van der Waals surface area contributed by atoms with E-state index in [1.54, 1.807) is 6.20 Å². The highest BCUT2D eigenvalue weighted by atomic mass is 32.1. The van der Waals surface area contributed by atoms with Crippen molar-refractivity contribution in [2.24, 2.45) is 0 Å². The fraction of sp³-hybridized carbons (Fsp3) is 0.348. The minimum atomic E-state index is -4.96. The van der Waals surface area contributed by atoms with Crippen molar-refractivity contribution in [2.45, 2.75) is 44.2 Å². The van der Waals surface area contributed by atoms with Crippen molar-refractivity contribution < 1.29 is 31.8 Å². The van der Waals surface area contributed by atoms with Crippen molar-refractivity contribution in [3.05, 3.63) is 64.7 Å². The van der Waals surface area contributed by atoms with Gasteiger partial charge in [0.15, 0.2) is 5.78 Å². The number of rotatable bonds is 9. The van der Waals surface area contributed by atoms with E-state index < -0.39 is 29.8 Å². The van der Waals surface area contributed by atoms with E-state index in [0.717, 1.165) is 55.8 Å². The van der Waals surface area contributed by atoms with Crippen molar-refractivity contribution in [3.8, 4) is 5.75 Å². The smallest absolute Gasteiger partial charge is 0.406 e. The summed E-state index contributed by atoms with van der Waals surface area (Å²) in [6.07, 6.45) is -0.487. The normalized spacial score (nSPS) is 16.8. The molecule has 2 aromatic heterocycles. The molecule has 8 nitrogen and oxygen atoms in total. The number of alkyl halides is 3. The van der Waals surface area contributed by atoms with E-state index in [0.29, 0.717) is 10.1 Å². The molecular weight excluding hydrogens is 502 g/mol. The van der Waals surface area contributed by atoms with E-state index in [1.807, 2.05) is 12.1 Å². The number of allylic oxidation sites excluding steroid dienone is 1. The van der Waals surface area contributed by atoms with Gasteiger partial charge in [0, 0.05) is 24.9 Å². The van der Waals surface area contributed by atoms with Crippen LogP contribution in [0.2, 0.25) is 0 Å². The number of anilines is 1. The Morgan fingerprint density at radius 1 is 1.25 bits per heavy atom. The number of halogens is 4. The fourth-order valence-corrected chi connectivity index (χ4v) is 4.65. The molecule has 0 saturated heterocycles. The minimum absolute atomic E-state index is 0.124. The summed E-state index contributed by atoms with van der Waals surface area (Å²) in [6, 6.07) is 6.29. The number of carbonyl (C=O) groups is 1. The Morgan fingerprint density at radius 3 is 2.75 bits per heavy atom. The number of ether oxygens (including phenoxy) is 2. The molecule has 3 aromatic rings. The number of aromatic nitrogens is 4. The lowest BCUT2D eigenvalue weighted by molar-refractivity contribution is -0.274. The van der Waals surface area contributed by atoms with Crippen LogP contribution in [0.15, 0.2) is 42.6 Å². The first kappa shape index (κ1) is 25.6. The molecule has 2 heterocycles. The van der Waals surface area contributed by atoms with Gasteiger partial charge in [-0.3, -0.25) is 4.79 Å². The van der Waals surface area contributed by atoms with Crippen molar-refractivity contribution in [2.75, 3.05) is 12.4 Å². The number of nitrogens with zero attached hydrogens (tertiary/aromatic N) is 4. The van der Waals surface area contributed by atoms with Crippen molar-refractivity contribution in [1.82, 2.24) is 20.4 Å². The largest absolute Gasteiger partial charge is 0.573 e. The number of Topliss-reactive ketones (excluding diaryl/α,β-unsaturated/α-hetero) is 1. The molecular formula is C23H21F4N5O3S. The number of ketones is 1. The molecule has 0 amide bonds. The van der Waals surface area contributed by atoms with Crippen LogP contribution < -0.4 is 10.1 Å². The van der Waals surface area contributed by atoms with Gasteiger partial charge in [-0.2, -0.15) is 10.2 Å². The summed E-state index contributed by atoms with van der Waals surface area (Å²) in [7, 11) is 1.16. The molecule has 0 saturated carbocycles. The second kappa shape index (κ2) is 11.1. The zero-order chi connectivity index (χ0) is 25.7. The third-order valence-electron chi connectivity index (χ3n) is 5.44. The number of hydrogen-bond donors (Lipinski definition) is 1. The first-order chi connectivity index (χ1) is 17.2. The van der Waals surface area contributed by atoms with Crippen LogP contribution in [0.4, 0.5) is 22.7 Å². The van der Waals surface area contributed by atoms with E-state index >= 15 is 0 Å². The van der Waals surface area contributed by atoms with Crippen LogP contribution in [-0.2, 0) is 16.0 Å². The summed E-state index contributed by atoms with van der Waals surface area (Å²) in [6.45, 7) is 0. The highest BCUT2D eigenvalue weighted by Gasteiger charge is 2.32. The highest BCUT2D eigenvalue weighted by Crippen LogP contribution is 2.31. The lowest BCUT2D eigenvalue weighted by Gasteiger charge is -2.22. The third kappa shape index (κ3) is 6.61. The predicted molar refractivity (Wildman–Crippen MR) is 123 cm³/mol. The first-order valence-electron chi connectivity index (χ1n) is 10.9. The molecule has 1 aliphatic carbocycles. The number of carbonyl (C=O) groups excluding carboxylic acids is 1. The predicted octanol–water partition coefficient (Wildman–Crippen LogP) is 4.91. The minimum Gasteiger partial charge on any atom is -0.406 e. The highest BCUT2D eigenvalue weighted by molar-refractivity contribution is 7.15. The second-order valence-electron chi connectivity index (χ2n) is 7.94. The molecule has 1 aromatic carbocycles. The van der Waals surface area contributed by atoms with Crippen molar-refractivity contribution in [3.63, 3.8) is 0 Å². The van der Waals surface area contributed by atoms with Crippen molar-refractivity contribution >= 4 is 27.8 Å². The molecule has 2 atom stereocenters. The molecule has 36 heavy (non-hydrogen) atoms. The Hall–Kier alpha value is -3.45. The van der Waals surface area contributed by atoms with Gasteiger partial charge < -0.3 is 14.8 Å². The number of hydrogen-bond acceptors (Lipinski definition) is 9. The van der Waals surface area contributed by atoms with E-state index in [4.69, 9.17) is 4.74 Å². The summed E-state index contributed by atoms with van der Waals surface area (Å²) in [5, 5.41) is 20.3. The Labute approximate surface area is 207 Å². The van der Waals surface area contributed by atoms with E-state index in [1.165, 1.54) is 11.3 Å². The van der Waals surface area contributed by atoms with Crippen molar-refractivity contribution in [1.29, 1.82) is 0 Å². The van der Waals surface area contributed by atoms with Gasteiger partial charge in [-0.1, -0.05) is 17.4 Å². The quantitative estimate of drug-likeness (QED) is 0.395. The van der Waals surface area contributed by atoms with Gasteiger partial charge in [-0.25, -0.2) is 4.39 Å². The maximum Gasteiger partial charge on any atom is 0.573 e. The fourth-order valence-electron chi connectivity index (χ4n) is 3.82. The van der Waals surface area contributed by atoms with Gasteiger partial charge >= 0.3 is 6.36 Å². The van der Waals surface area contributed by atoms with E-state index in [2.05, 4.69) is 36.5 Å². The second-order valence-corrected chi connectivity index (χ2v) is 9.01. The van der Waals surface area contributed by atoms with Gasteiger partial charge in [-0.05, 0) is 55.2 Å². The lowest BCUT2D eigenvalue weighted by Crippen LogP contribution is -2.21. The molecule has 1 aliphatic rings. The van der Waals surface area contributed by atoms with E-state index in [-0.39, 0.29) is 18.0 Å². The molecule has 13 heteroatoms. The standard InChI is InChI=1S/C23H21F4N5O3S/c1-34-21(16-11-15(8-9-17(16)24)35-23(25,26)27)19(33)12-20-31-32-22(36-20)29-14-6-4-13(5-7-14)18-3-2-10-28-30-18/h2-4,8-11,14,21H,5-7,12H2,1H3,(H,29,32)/t14-,21-/m0/s1. The van der Waals surface area contributed by atoms with Gasteiger partial charge in [0.05, 0.1) is 12.1 Å². The molecule has 1 N–H and O–H groups in total. The number of methoxy groups -OCH3 is 1. The SMILES string of the molecule is CO[C@H](C(=O)Cc1nnc(N[C@H]2CC=C(c3cccnn3)CC2)s1)c1cc(OC(F)(F)F)ccc1F. The lowest BCUT2D eigenvalue weighted by atomic mass is 9.93. The summed E-state index contributed by atoms with van der Waals surface area (Å²) in [4.78, 5) is 12.8. The van der Waals surface area contributed by atoms with Crippen LogP contribution in [0.5, 0.6) is 5.75 Å². The Balaban J connectivity index is 1.38. The summed E-state index contributed by atoms with van der Waals surface area (Å²) < 4.78 is 60.8. The molecule has 190 valence electrons. The summed E-state index contributed by atoms with van der Waals surface area (Å²) >= 11 is 1.17. The summed E-state index contributed by atoms with van der Waals surface area (Å²) in [5.74, 6) is -2.13.